The minimum Gasteiger partial charge on any atom is -0.399 e. The van der Waals surface area contributed by atoms with Gasteiger partial charge in [0.1, 0.15) is 0 Å². The first kappa shape index (κ1) is 10.9. The predicted molar refractivity (Wildman–Crippen MR) is 60.2 cm³/mol. The summed E-state index contributed by atoms with van der Waals surface area (Å²) in [5.41, 5.74) is 7.27. The molecule has 0 unspecified atom stereocenters. The molecule has 0 saturated carbocycles. The third kappa shape index (κ3) is 3.26. The molecule has 14 heavy (non-hydrogen) atoms. The molecular formula is C11H18N2O. The minimum absolute atomic E-state index is 0.107. The van der Waals surface area contributed by atoms with E-state index < -0.39 is 0 Å². The molecule has 0 bridgehead atoms. The molecule has 0 fully saturated rings. The van der Waals surface area contributed by atoms with Crippen LogP contribution in [0.25, 0.3) is 0 Å². The smallest absolute Gasteiger partial charge is 0.0498 e. The highest BCUT2D eigenvalue weighted by atomic mass is 16.3. The standard InChI is InChI=1S/C11H18N2O/c1-11(2,8-14)7-13-10-5-3-4-9(12)6-10/h3-6,13-14H,7-8,12H2,1-2H3. The van der Waals surface area contributed by atoms with Crippen LogP contribution in [0, 0.1) is 5.41 Å². The second-order valence-electron chi connectivity index (χ2n) is 4.30. The van der Waals surface area contributed by atoms with Crippen LogP contribution < -0.4 is 11.1 Å². The van der Waals surface area contributed by atoms with E-state index in [9.17, 15) is 0 Å². The lowest BCUT2D eigenvalue weighted by molar-refractivity contribution is 0.171. The number of rotatable bonds is 4. The van der Waals surface area contributed by atoms with Gasteiger partial charge in [-0.15, -0.1) is 0 Å². The molecule has 0 aliphatic carbocycles. The lowest BCUT2D eigenvalue weighted by Gasteiger charge is -2.22. The summed E-state index contributed by atoms with van der Waals surface area (Å²) in [4.78, 5) is 0. The van der Waals surface area contributed by atoms with Gasteiger partial charge in [0.05, 0.1) is 0 Å². The van der Waals surface area contributed by atoms with Crippen molar-refractivity contribution in [2.45, 2.75) is 13.8 Å². The highest BCUT2D eigenvalue weighted by Gasteiger charge is 2.15. The van der Waals surface area contributed by atoms with Crippen LogP contribution in [0.5, 0.6) is 0 Å². The van der Waals surface area contributed by atoms with Crippen LogP contribution in [0.1, 0.15) is 13.8 Å². The first-order valence-electron chi connectivity index (χ1n) is 4.74. The van der Waals surface area contributed by atoms with Crippen LogP contribution in [-0.4, -0.2) is 18.3 Å². The summed E-state index contributed by atoms with van der Waals surface area (Å²) in [6.45, 7) is 4.91. The predicted octanol–water partition coefficient (Wildman–Crippen LogP) is 1.70. The number of hydrogen-bond donors (Lipinski definition) is 3. The van der Waals surface area contributed by atoms with E-state index in [1.807, 2.05) is 38.1 Å². The number of anilines is 2. The number of nitrogen functional groups attached to an aromatic ring is 1. The van der Waals surface area contributed by atoms with Crippen molar-refractivity contribution in [3.63, 3.8) is 0 Å². The van der Waals surface area contributed by atoms with Gasteiger partial charge in [0.2, 0.25) is 0 Å². The van der Waals surface area contributed by atoms with E-state index in [0.717, 1.165) is 17.9 Å². The van der Waals surface area contributed by atoms with Gasteiger partial charge in [-0.1, -0.05) is 19.9 Å². The number of aliphatic hydroxyl groups is 1. The summed E-state index contributed by atoms with van der Waals surface area (Å²) in [5.74, 6) is 0. The molecule has 0 atom stereocenters. The minimum atomic E-state index is -0.107. The zero-order valence-electron chi connectivity index (χ0n) is 8.75. The lowest BCUT2D eigenvalue weighted by atomic mass is 9.95. The molecule has 0 saturated heterocycles. The first-order valence-corrected chi connectivity index (χ1v) is 4.74. The van der Waals surface area contributed by atoms with E-state index in [0.29, 0.717) is 0 Å². The largest absolute Gasteiger partial charge is 0.399 e. The Balaban J connectivity index is 2.54. The highest BCUT2D eigenvalue weighted by Crippen LogP contribution is 2.17. The topological polar surface area (TPSA) is 58.3 Å². The fourth-order valence-electron chi connectivity index (χ4n) is 1.05. The molecular weight excluding hydrogens is 176 g/mol. The van der Waals surface area contributed by atoms with E-state index >= 15 is 0 Å². The van der Waals surface area contributed by atoms with E-state index in [4.69, 9.17) is 10.8 Å². The number of nitrogens with one attached hydrogen (secondary N) is 1. The SMILES string of the molecule is CC(C)(CO)CNc1cccc(N)c1. The molecule has 1 aromatic rings. The van der Waals surface area contributed by atoms with E-state index in [1.54, 1.807) is 0 Å². The third-order valence-electron chi connectivity index (χ3n) is 2.09. The Labute approximate surface area is 84.9 Å². The van der Waals surface area contributed by atoms with Crippen molar-refractivity contribution in [2.75, 3.05) is 24.2 Å². The molecule has 1 rings (SSSR count). The number of benzene rings is 1. The van der Waals surface area contributed by atoms with Crippen molar-refractivity contribution in [3.8, 4) is 0 Å². The molecule has 0 heterocycles. The van der Waals surface area contributed by atoms with Gasteiger partial charge >= 0.3 is 0 Å². The summed E-state index contributed by atoms with van der Waals surface area (Å²) in [6, 6.07) is 7.60. The van der Waals surface area contributed by atoms with Gasteiger partial charge in [0.15, 0.2) is 0 Å². The molecule has 0 aliphatic rings. The Hall–Kier alpha value is -1.22. The zero-order chi connectivity index (χ0) is 10.6. The maximum Gasteiger partial charge on any atom is 0.0498 e. The van der Waals surface area contributed by atoms with Crippen LogP contribution in [0.2, 0.25) is 0 Å². The third-order valence-corrected chi connectivity index (χ3v) is 2.09. The Morgan fingerprint density at radius 2 is 2.14 bits per heavy atom. The average Bonchev–Trinajstić information content (AvgIpc) is 2.15. The normalized spacial score (nSPS) is 11.4. The van der Waals surface area contributed by atoms with Crippen molar-refractivity contribution >= 4 is 11.4 Å². The summed E-state index contributed by atoms with van der Waals surface area (Å²) in [5, 5.41) is 12.3. The quantitative estimate of drug-likeness (QED) is 0.639. The van der Waals surface area contributed by atoms with Gasteiger partial charge in [-0.3, -0.25) is 0 Å². The molecule has 0 radical (unpaired) electrons. The van der Waals surface area contributed by atoms with E-state index in [-0.39, 0.29) is 12.0 Å². The summed E-state index contributed by atoms with van der Waals surface area (Å²) in [6.07, 6.45) is 0. The van der Waals surface area contributed by atoms with Crippen LogP contribution in [0.4, 0.5) is 11.4 Å². The van der Waals surface area contributed by atoms with Gasteiger partial charge in [0, 0.05) is 29.9 Å². The number of nitrogens with two attached hydrogens (primary N) is 1. The lowest BCUT2D eigenvalue weighted by Crippen LogP contribution is -2.26. The van der Waals surface area contributed by atoms with Gasteiger partial charge in [0.25, 0.3) is 0 Å². The maximum absolute atomic E-state index is 9.06. The fraction of sp³-hybridized carbons (Fsp3) is 0.455. The van der Waals surface area contributed by atoms with E-state index in [2.05, 4.69) is 5.32 Å². The Morgan fingerprint density at radius 3 is 2.71 bits per heavy atom. The molecule has 3 heteroatoms. The molecule has 0 amide bonds. The molecule has 3 nitrogen and oxygen atoms in total. The summed E-state index contributed by atoms with van der Waals surface area (Å²) >= 11 is 0. The van der Waals surface area contributed by atoms with Crippen molar-refractivity contribution in [1.82, 2.24) is 0 Å². The summed E-state index contributed by atoms with van der Waals surface area (Å²) in [7, 11) is 0. The van der Waals surface area contributed by atoms with Crippen LogP contribution >= 0.6 is 0 Å². The molecule has 78 valence electrons. The molecule has 0 aliphatic heterocycles. The van der Waals surface area contributed by atoms with Crippen molar-refractivity contribution < 1.29 is 5.11 Å². The van der Waals surface area contributed by atoms with Gasteiger partial charge in [-0.25, -0.2) is 0 Å². The van der Waals surface area contributed by atoms with Crippen molar-refractivity contribution in [1.29, 1.82) is 0 Å². The second-order valence-corrected chi connectivity index (χ2v) is 4.30. The molecule has 0 aromatic heterocycles. The molecule has 0 spiro atoms. The van der Waals surface area contributed by atoms with Gasteiger partial charge in [-0.2, -0.15) is 0 Å². The van der Waals surface area contributed by atoms with Crippen LogP contribution in [-0.2, 0) is 0 Å². The average molecular weight is 194 g/mol. The van der Waals surface area contributed by atoms with Crippen LogP contribution in [0.15, 0.2) is 24.3 Å². The summed E-state index contributed by atoms with van der Waals surface area (Å²) < 4.78 is 0. The van der Waals surface area contributed by atoms with Crippen LogP contribution in [0.3, 0.4) is 0 Å². The Bertz CT molecular complexity index is 297. The van der Waals surface area contributed by atoms with Crippen molar-refractivity contribution in [3.05, 3.63) is 24.3 Å². The fourth-order valence-corrected chi connectivity index (χ4v) is 1.05. The monoisotopic (exact) mass is 194 g/mol. The van der Waals surface area contributed by atoms with Gasteiger partial charge < -0.3 is 16.2 Å². The Morgan fingerprint density at radius 1 is 1.43 bits per heavy atom. The van der Waals surface area contributed by atoms with Gasteiger partial charge in [-0.05, 0) is 18.2 Å². The van der Waals surface area contributed by atoms with E-state index in [1.165, 1.54) is 0 Å². The highest BCUT2D eigenvalue weighted by molar-refractivity contribution is 5.54. The number of aliphatic hydroxyl groups excluding tert-OH is 1. The molecule has 4 N–H and O–H groups in total. The first-order chi connectivity index (χ1) is 6.53. The number of hydrogen-bond acceptors (Lipinski definition) is 3. The zero-order valence-corrected chi connectivity index (χ0v) is 8.75. The molecule has 1 aromatic carbocycles. The second kappa shape index (κ2) is 4.33. The Kier molecular flexibility index (Phi) is 3.36. The van der Waals surface area contributed by atoms with Crippen molar-refractivity contribution in [2.24, 2.45) is 5.41 Å². The maximum atomic E-state index is 9.06.